The van der Waals surface area contributed by atoms with E-state index in [9.17, 15) is 18.4 Å². The van der Waals surface area contributed by atoms with Gasteiger partial charge in [0.05, 0.1) is 7.11 Å². The summed E-state index contributed by atoms with van der Waals surface area (Å²) in [4.78, 5) is 22.2. The molecular weight excluding hydrogens is 206 g/mol. The van der Waals surface area contributed by atoms with Crippen molar-refractivity contribution in [3.05, 3.63) is 34.9 Å². The monoisotopic (exact) mass is 214 g/mol. The zero-order valence-electron chi connectivity index (χ0n) is 8.14. The van der Waals surface area contributed by atoms with E-state index in [1.54, 1.807) is 0 Å². The molecule has 3 nitrogen and oxygen atoms in total. The van der Waals surface area contributed by atoms with E-state index in [0.29, 0.717) is 0 Å². The molecular formula is C10H8F2O3. The SMILES string of the molecule is COC(=O)C(=O)c1ccc(F)c(F)c1C. The number of carbonyl (C=O) groups excluding carboxylic acids is 2. The minimum absolute atomic E-state index is 0.194. The lowest BCUT2D eigenvalue weighted by Crippen LogP contribution is -2.17. The Morgan fingerprint density at radius 3 is 2.40 bits per heavy atom. The molecule has 0 unspecified atom stereocenters. The molecule has 0 aliphatic rings. The summed E-state index contributed by atoms with van der Waals surface area (Å²) in [6.45, 7) is 1.22. The molecule has 0 fully saturated rings. The summed E-state index contributed by atoms with van der Waals surface area (Å²) in [5.41, 5.74) is -0.397. The molecule has 0 heterocycles. The van der Waals surface area contributed by atoms with Crippen LogP contribution in [0.2, 0.25) is 0 Å². The fourth-order valence-electron chi connectivity index (χ4n) is 1.10. The Morgan fingerprint density at radius 1 is 1.27 bits per heavy atom. The molecule has 0 spiro atoms. The predicted molar refractivity (Wildman–Crippen MR) is 47.4 cm³/mol. The van der Waals surface area contributed by atoms with Crippen molar-refractivity contribution in [2.24, 2.45) is 0 Å². The van der Waals surface area contributed by atoms with Gasteiger partial charge >= 0.3 is 5.97 Å². The van der Waals surface area contributed by atoms with E-state index < -0.39 is 23.4 Å². The third-order valence-corrected chi connectivity index (χ3v) is 1.95. The molecule has 0 radical (unpaired) electrons. The molecule has 0 aromatic heterocycles. The average molecular weight is 214 g/mol. The first-order valence-electron chi connectivity index (χ1n) is 4.06. The second-order valence-electron chi connectivity index (χ2n) is 2.85. The van der Waals surface area contributed by atoms with Crippen LogP contribution in [0.15, 0.2) is 12.1 Å². The molecule has 0 amide bonds. The minimum Gasteiger partial charge on any atom is -0.463 e. The molecule has 0 N–H and O–H groups in total. The predicted octanol–water partition coefficient (Wildman–Crippen LogP) is 1.63. The van der Waals surface area contributed by atoms with E-state index in [1.165, 1.54) is 6.92 Å². The zero-order valence-corrected chi connectivity index (χ0v) is 8.14. The van der Waals surface area contributed by atoms with Crippen LogP contribution in [-0.4, -0.2) is 18.9 Å². The van der Waals surface area contributed by atoms with Crippen LogP contribution >= 0.6 is 0 Å². The van der Waals surface area contributed by atoms with Crippen LogP contribution in [-0.2, 0) is 9.53 Å². The molecule has 0 saturated carbocycles. The lowest BCUT2D eigenvalue weighted by molar-refractivity contribution is -0.135. The van der Waals surface area contributed by atoms with Gasteiger partial charge in [0.15, 0.2) is 11.6 Å². The Morgan fingerprint density at radius 2 is 1.87 bits per heavy atom. The topological polar surface area (TPSA) is 43.4 Å². The number of halogens is 2. The smallest absolute Gasteiger partial charge is 0.379 e. The lowest BCUT2D eigenvalue weighted by Gasteiger charge is -2.04. The number of carbonyl (C=O) groups is 2. The van der Waals surface area contributed by atoms with Crippen LogP contribution in [0.4, 0.5) is 8.78 Å². The van der Waals surface area contributed by atoms with E-state index in [2.05, 4.69) is 4.74 Å². The Labute approximate surface area is 84.7 Å². The van der Waals surface area contributed by atoms with Crippen molar-refractivity contribution in [2.75, 3.05) is 7.11 Å². The fraction of sp³-hybridized carbons (Fsp3) is 0.200. The summed E-state index contributed by atoms with van der Waals surface area (Å²) in [6, 6.07) is 1.84. The van der Waals surface area contributed by atoms with Crippen molar-refractivity contribution in [3.8, 4) is 0 Å². The van der Waals surface area contributed by atoms with E-state index in [-0.39, 0.29) is 11.1 Å². The standard InChI is InChI=1S/C10H8F2O3/c1-5-6(9(13)10(14)15-2)3-4-7(11)8(5)12/h3-4H,1-2H3. The zero-order chi connectivity index (χ0) is 11.6. The molecule has 15 heavy (non-hydrogen) atoms. The number of hydrogen-bond donors (Lipinski definition) is 0. The van der Waals surface area contributed by atoms with Crippen LogP contribution in [0, 0.1) is 18.6 Å². The van der Waals surface area contributed by atoms with Gasteiger partial charge in [-0.1, -0.05) is 0 Å². The van der Waals surface area contributed by atoms with Crippen molar-refractivity contribution in [1.82, 2.24) is 0 Å². The molecule has 0 saturated heterocycles. The largest absolute Gasteiger partial charge is 0.463 e. The van der Waals surface area contributed by atoms with Crippen molar-refractivity contribution >= 4 is 11.8 Å². The van der Waals surface area contributed by atoms with Gasteiger partial charge in [0.2, 0.25) is 0 Å². The molecule has 0 bridgehead atoms. The summed E-state index contributed by atoms with van der Waals surface area (Å²) in [7, 11) is 1.04. The van der Waals surface area contributed by atoms with Gasteiger partial charge < -0.3 is 4.74 Å². The number of rotatable bonds is 2. The number of ether oxygens (including phenoxy) is 1. The highest BCUT2D eigenvalue weighted by Gasteiger charge is 2.21. The maximum Gasteiger partial charge on any atom is 0.379 e. The summed E-state index contributed by atoms with van der Waals surface area (Å²) < 4.78 is 29.9. The number of Topliss-reactive ketones (excluding diaryl/α,β-unsaturated/α-hetero) is 1. The molecule has 0 atom stereocenters. The van der Waals surface area contributed by atoms with Crippen molar-refractivity contribution in [2.45, 2.75) is 6.92 Å². The van der Waals surface area contributed by atoms with Crippen molar-refractivity contribution in [1.29, 1.82) is 0 Å². The van der Waals surface area contributed by atoms with Gasteiger partial charge in [-0.2, -0.15) is 0 Å². The van der Waals surface area contributed by atoms with E-state index in [1.807, 2.05) is 0 Å². The first-order chi connectivity index (χ1) is 6.99. The first kappa shape index (κ1) is 11.3. The highest BCUT2D eigenvalue weighted by Crippen LogP contribution is 2.16. The summed E-state index contributed by atoms with van der Waals surface area (Å²) in [5.74, 6) is -4.29. The number of benzene rings is 1. The van der Waals surface area contributed by atoms with Gasteiger partial charge in [0.1, 0.15) is 0 Å². The first-order valence-corrected chi connectivity index (χ1v) is 4.06. The maximum atomic E-state index is 13.0. The van der Waals surface area contributed by atoms with Crippen LogP contribution in [0.5, 0.6) is 0 Å². The number of ketones is 1. The van der Waals surface area contributed by atoms with Crippen molar-refractivity contribution in [3.63, 3.8) is 0 Å². The van der Waals surface area contributed by atoms with Gasteiger partial charge in [-0.05, 0) is 24.6 Å². The molecule has 1 aromatic rings. The fourth-order valence-corrected chi connectivity index (χ4v) is 1.10. The highest BCUT2D eigenvalue weighted by molar-refractivity contribution is 6.40. The maximum absolute atomic E-state index is 13.0. The number of esters is 1. The number of methoxy groups -OCH3 is 1. The third kappa shape index (κ3) is 2.01. The van der Waals surface area contributed by atoms with Crippen LogP contribution in [0.25, 0.3) is 0 Å². The molecule has 0 aliphatic heterocycles. The minimum atomic E-state index is -1.13. The third-order valence-electron chi connectivity index (χ3n) is 1.95. The van der Waals surface area contributed by atoms with Crippen LogP contribution in [0.1, 0.15) is 15.9 Å². The molecule has 1 aromatic carbocycles. The van der Waals surface area contributed by atoms with Crippen LogP contribution in [0.3, 0.4) is 0 Å². The molecule has 80 valence electrons. The van der Waals surface area contributed by atoms with Crippen LogP contribution < -0.4 is 0 Å². The van der Waals surface area contributed by atoms with Gasteiger partial charge in [0, 0.05) is 5.56 Å². The Kier molecular flexibility index (Phi) is 3.14. The van der Waals surface area contributed by atoms with Gasteiger partial charge in [-0.3, -0.25) is 4.79 Å². The van der Waals surface area contributed by atoms with E-state index in [4.69, 9.17) is 0 Å². The summed E-state index contributed by atoms with van der Waals surface area (Å²) >= 11 is 0. The normalized spacial score (nSPS) is 9.87. The summed E-state index contributed by atoms with van der Waals surface area (Å²) in [6.07, 6.45) is 0. The van der Waals surface area contributed by atoms with E-state index in [0.717, 1.165) is 19.2 Å². The average Bonchev–Trinajstić information content (AvgIpc) is 2.24. The van der Waals surface area contributed by atoms with Gasteiger partial charge in [0.25, 0.3) is 5.78 Å². The second-order valence-corrected chi connectivity index (χ2v) is 2.85. The van der Waals surface area contributed by atoms with Gasteiger partial charge in [-0.25, -0.2) is 13.6 Å². The Hall–Kier alpha value is -1.78. The second kappa shape index (κ2) is 4.16. The highest BCUT2D eigenvalue weighted by atomic mass is 19.2. The summed E-state index contributed by atoms with van der Waals surface area (Å²) in [5, 5.41) is 0. The molecule has 0 aliphatic carbocycles. The van der Waals surface area contributed by atoms with Crippen molar-refractivity contribution < 1.29 is 23.1 Å². The number of hydrogen-bond acceptors (Lipinski definition) is 3. The van der Waals surface area contributed by atoms with Gasteiger partial charge in [-0.15, -0.1) is 0 Å². The Bertz CT molecular complexity index is 427. The lowest BCUT2D eigenvalue weighted by atomic mass is 10.0. The Balaban J connectivity index is 3.22. The molecule has 5 heteroatoms. The van der Waals surface area contributed by atoms with E-state index >= 15 is 0 Å². The quantitative estimate of drug-likeness (QED) is 0.427. The molecule has 1 rings (SSSR count).